The molecule has 2 saturated heterocycles. The standard InChI is InChI=1S/C9H16N2S/c12-9(8-4-3-5-10-8)11-6-1-2-7-11/h8,10H,1-7H2/t8-/m1/s1. The molecule has 2 heterocycles. The molecule has 0 spiro atoms. The fraction of sp³-hybridized carbons (Fsp3) is 0.889. The van der Waals surface area contributed by atoms with E-state index in [9.17, 15) is 0 Å². The molecule has 2 nitrogen and oxygen atoms in total. The number of likely N-dealkylation sites (tertiary alicyclic amines) is 1. The molecule has 2 fully saturated rings. The molecule has 68 valence electrons. The van der Waals surface area contributed by atoms with Gasteiger partial charge < -0.3 is 10.2 Å². The topological polar surface area (TPSA) is 15.3 Å². The molecule has 0 aromatic heterocycles. The molecule has 2 aliphatic heterocycles. The third-order valence-corrected chi connectivity index (χ3v) is 3.32. The predicted octanol–water partition coefficient (Wildman–Crippen LogP) is 1.16. The van der Waals surface area contributed by atoms with Gasteiger partial charge in [0.05, 0.1) is 11.0 Å². The first kappa shape index (κ1) is 8.45. The Morgan fingerprint density at radius 2 is 2.00 bits per heavy atom. The predicted molar refractivity (Wildman–Crippen MR) is 54.4 cm³/mol. The van der Waals surface area contributed by atoms with Crippen LogP contribution in [0.1, 0.15) is 25.7 Å². The first-order valence-corrected chi connectivity index (χ1v) is 5.31. The third kappa shape index (κ3) is 1.62. The second kappa shape index (κ2) is 3.71. The van der Waals surface area contributed by atoms with Gasteiger partial charge >= 0.3 is 0 Å². The van der Waals surface area contributed by atoms with Gasteiger partial charge in [-0.15, -0.1) is 0 Å². The number of hydrogen-bond donors (Lipinski definition) is 1. The molecule has 0 unspecified atom stereocenters. The molecular weight excluding hydrogens is 168 g/mol. The monoisotopic (exact) mass is 184 g/mol. The van der Waals surface area contributed by atoms with Crippen LogP contribution in [0.25, 0.3) is 0 Å². The Labute approximate surface area is 79.3 Å². The molecule has 3 heteroatoms. The summed E-state index contributed by atoms with van der Waals surface area (Å²) in [6.45, 7) is 3.53. The molecular formula is C9H16N2S. The van der Waals surface area contributed by atoms with Crippen LogP contribution in [-0.4, -0.2) is 35.6 Å². The number of nitrogens with one attached hydrogen (secondary N) is 1. The maximum absolute atomic E-state index is 5.44. The first-order chi connectivity index (χ1) is 5.88. The van der Waals surface area contributed by atoms with Gasteiger partial charge in [-0.2, -0.15) is 0 Å². The van der Waals surface area contributed by atoms with Crippen molar-refractivity contribution in [3.63, 3.8) is 0 Å². The van der Waals surface area contributed by atoms with Crippen molar-refractivity contribution in [2.24, 2.45) is 0 Å². The minimum Gasteiger partial charge on any atom is -0.365 e. The largest absolute Gasteiger partial charge is 0.365 e. The number of nitrogens with zero attached hydrogens (tertiary/aromatic N) is 1. The lowest BCUT2D eigenvalue weighted by molar-refractivity contribution is 0.499. The van der Waals surface area contributed by atoms with Gasteiger partial charge in [0.1, 0.15) is 0 Å². The van der Waals surface area contributed by atoms with E-state index in [0.29, 0.717) is 6.04 Å². The number of thiocarbonyl (C=S) groups is 1. The smallest absolute Gasteiger partial charge is 0.0951 e. The van der Waals surface area contributed by atoms with Crippen molar-refractivity contribution < 1.29 is 0 Å². The molecule has 2 aliphatic rings. The van der Waals surface area contributed by atoms with Crippen LogP contribution in [0.3, 0.4) is 0 Å². The van der Waals surface area contributed by atoms with Crippen LogP contribution in [0.5, 0.6) is 0 Å². The normalized spacial score (nSPS) is 29.7. The summed E-state index contributed by atoms with van der Waals surface area (Å²) in [6.07, 6.45) is 5.19. The molecule has 0 bridgehead atoms. The Kier molecular flexibility index (Phi) is 2.61. The Morgan fingerprint density at radius 1 is 1.25 bits per heavy atom. The molecule has 12 heavy (non-hydrogen) atoms. The second-order valence-electron chi connectivity index (χ2n) is 3.68. The molecule has 2 rings (SSSR count). The van der Waals surface area contributed by atoms with Gasteiger partial charge in [0.15, 0.2) is 0 Å². The van der Waals surface area contributed by atoms with Crippen molar-refractivity contribution in [1.82, 2.24) is 10.2 Å². The Morgan fingerprint density at radius 3 is 2.58 bits per heavy atom. The number of rotatable bonds is 1. The van der Waals surface area contributed by atoms with Crippen molar-refractivity contribution in [2.45, 2.75) is 31.7 Å². The van der Waals surface area contributed by atoms with Crippen LogP contribution in [0.4, 0.5) is 0 Å². The lowest BCUT2D eigenvalue weighted by atomic mass is 10.2. The lowest BCUT2D eigenvalue weighted by Crippen LogP contribution is -2.40. The summed E-state index contributed by atoms with van der Waals surface area (Å²) in [4.78, 5) is 3.54. The number of hydrogen-bond acceptors (Lipinski definition) is 2. The Balaban J connectivity index is 1.89. The molecule has 0 saturated carbocycles. The zero-order valence-corrected chi connectivity index (χ0v) is 8.20. The maximum Gasteiger partial charge on any atom is 0.0951 e. The van der Waals surface area contributed by atoms with Crippen LogP contribution < -0.4 is 5.32 Å². The zero-order valence-electron chi connectivity index (χ0n) is 7.38. The fourth-order valence-electron chi connectivity index (χ4n) is 2.05. The van der Waals surface area contributed by atoms with E-state index in [1.165, 1.54) is 43.8 Å². The van der Waals surface area contributed by atoms with Gasteiger partial charge in [-0.05, 0) is 32.2 Å². The van der Waals surface area contributed by atoms with E-state index in [0.717, 1.165) is 6.54 Å². The minimum absolute atomic E-state index is 0.512. The van der Waals surface area contributed by atoms with Gasteiger partial charge in [-0.25, -0.2) is 0 Å². The van der Waals surface area contributed by atoms with Gasteiger partial charge in [0, 0.05) is 13.1 Å². The highest BCUT2D eigenvalue weighted by molar-refractivity contribution is 7.80. The summed E-state index contributed by atoms with van der Waals surface area (Å²) in [5, 5.41) is 3.45. The second-order valence-corrected chi connectivity index (χ2v) is 4.10. The summed E-state index contributed by atoms with van der Waals surface area (Å²) >= 11 is 5.44. The highest BCUT2D eigenvalue weighted by Crippen LogP contribution is 2.15. The van der Waals surface area contributed by atoms with E-state index in [4.69, 9.17) is 12.2 Å². The van der Waals surface area contributed by atoms with E-state index in [1.807, 2.05) is 0 Å². The van der Waals surface area contributed by atoms with Crippen molar-refractivity contribution in [2.75, 3.05) is 19.6 Å². The Bertz CT molecular complexity index is 151. The van der Waals surface area contributed by atoms with E-state index in [2.05, 4.69) is 10.2 Å². The van der Waals surface area contributed by atoms with E-state index < -0.39 is 0 Å². The van der Waals surface area contributed by atoms with Gasteiger partial charge in [-0.3, -0.25) is 0 Å². The van der Waals surface area contributed by atoms with Crippen LogP contribution in [0, 0.1) is 0 Å². The summed E-state index contributed by atoms with van der Waals surface area (Å²) < 4.78 is 0. The lowest BCUT2D eigenvalue weighted by Gasteiger charge is -2.23. The highest BCUT2D eigenvalue weighted by Gasteiger charge is 2.24. The van der Waals surface area contributed by atoms with Crippen LogP contribution >= 0.6 is 12.2 Å². The molecule has 0 aromatic carbocycles. The van der Waals surface area contributed by atoms with E-state index in [1.54, 1.807) is 0 Å². The molecule has 1 N–H and O–H groups in total. The average molecular weight is 184 g/mol. The molecule has 0 radical (unpaired) electrons. The molecule has 0 aromatic rings. The summed E-state index contributed by atoms with van der Waals surface area (Å²) in [6, 6.07) is 0.512. The average Bonchev–Trinajstić information content (AvgIpc) is 2.77. The SMILES string of the molecule is S=C([C@H]1CCCN1)N1CCCC1. The zero-order chi connectivity index (χ0) is 8.39. The first-order valence-electron chi connectivity index (χ1n) is 4.90. The van der Waals surface area contributed by atoms with Gasteiger partial charge in [-0.1, -0.05) is 12.2 Å². The summed E-state index contributed by atoms with van der Waals surface area (Å²) in [5.74, 6) is 0. The fourth-order valence-corrected chi connectivity index (χ4v) is 2.44. The summed E-state index contributed by atoms with van der Waals surface area (Å²) in [5.41, 5.74) is 0. The Hall–Kier alpha value is -0.150. The highest BCUT2D eigenvalue weighted by atomic mass is 32.1. The van der Waals surface area contributed by atoms with Crippen LogP contribution in [0.2, 0.25) is 0 Å². The van der Waals surface area contributed by atoms with Crippen LogP contribution in [0.15, 0.2) is 0 Å². The minimum atomic E-state index is 0.512. The van der Waals surface area contributed by atoms with Crippen molar-refractivity contribution in [3.8, 4) is 0 Å². The third-order valence-electron chi connectivity index (χ3n) is 2.78. The van der Waals surface area contributed by atoms with E-state index in [-0.39, 0.29) is 0 Å². The quantitative estimate of drug-likeness (QED) is 0.616. The molecule has 0 amide bonds. The van der Waals surface area contributed by atoms with E-state index >= 15 is 0 Å². The van der Waals surface area contributed by atoms with Crippen molar-refractivity contribution in [1.29, 1.82) is 0 Å². The van der Waals surface area contributed by atoms with Gasteiger partial charge in [0.2, 0.25) is 0 Å². The summed E-state index contributed by atoms with van der Waals surface area (Å²) in [7, 11) is 0. The molecule has 0 aliphatic carbocycles. The van der Waals surface area contributed by atoms with Crippen LogP contribution in [-0.2, 0) is 0 Å². The van der Waals surface area contributed by atoms with Crippen molar-refractivity contribution >= 4 is 17.2 Å². The van der Waals surface area contributed by atoms with Gasteiger partial charge in [0.25, 0.3) is 0 Å². The maximum atomic E-state index is 5.44. The molecule has 1 atom stereocenters. The van der Waals surface area contributed by atoms with Crippen molar-refractivity contribution in [3.05, 3.63) is 0 Å².